The van der Waals surface area contributed by atoms with Gasteiger partial charge in [-0.15, -0.1) is 0 Å². The Morgan fingerprint density at radius 2 is 1.55 bits per heavy atom. The number of cyclic esters (lactones) is 2. The number of nitrogens with one attached hydrogen (secondary N) is 1. The molecular weight excluding hydrogens is 400 g/mol. The summed E-state index contributed by atoms with van der Waals surface area (Å²) in [5.41, 5.74) is 0.211. The van der Waals surface area contributed by atoms with Crippen LogP contribution in [0.4, 0.5) is 5.69 Å². The molecule has 0 bridgehead atoms. The molecule has 2 atom stereocenters. The number of carbonyl (C=O) groups excluding carboxylic acids is 2. The molecule has 1 aromatic rings. The van der Waals surface area contributed by atoms with E-state index in [9.17, 15) is 18.0 Å². The number of morpholine rings is 1. The molecule has 1 N–H and O–H groups in total. The number of anilines is 1. The minimum absolute atomic E-state index is 0.148. The van der Waals surface area contributed by atoms with Crippen LogP contribution in [0, 0.1) is 0 Å². The van der Waals surface area contributed by atoms with Crippen LogP contribution in [-0.2, 0) is 33.8 Å². The summed E-state index contributed by atoms with van der Waals surface area (Å²) in [7, 11) is -3.65. The highest BCUT2D eigenvalue weighted by Gasteiger charge is 2.39. The summed E-state index contributed by atoms with van der Waals surface area (Å²) in [6, 6.07) is 6.00. The lowest BCUT2D eigenvalue weighted by molar-refractivity contribution is -0.222. The first kappa shape index (κ1) is 21.3. The van der Waals surface area contributed by atoms with Gasteiger partial charge in [0, 0.05) is 38.8 Å². The van der Waals surface area contributed by atoms with Crippen molar-refractivity contribution in [3.63, 3.8) is 0 Å². The monoisotopic (exact) mass is 424 g/mol. The molecule has 3 rings (SSSR count). The Morgan fingerprint density at radius 3 is 2.07 bits per heavy atom. The first-order valence-electron chi connectivity index (χ1n) is 9.17. The smallest absolute Gasteiger partial charge is 0.350 e. The lowest BCUT2D eigenvalue weighted by atomic mass is 10.2. The van der Waals surface area contributed by atoms with Gasteiger partial charge in [-0.05, 0) is 38.1 Å². The molecule has 0 aromatic heterocycles. The van der Waals surface area contributed by atoms with Crippen LogP contribution < -0.4 is 5.32 Å². The highest BCUT2D eigenvalue weighted by atomic mass is 32.2. The average Bonchev–Trinajstić information content (AvgIpc) is 2.59. The second-order valence-electron chi connectivity index (χ2n) is 7.48. The molecule has 158 valence electrons. The maximum Gasteiger partial charge on any atom is 0.350 e. The fourth-order valence-electron chi connectivity index (χ4n) is 3.13. The molecule has 0 radical (unpaired) electrons. The summed E-state index contributed by atoms with van der Waals surface area (Å²) in [4.78, 5) is 24.0. The maximum atomic E-state index is 12.9. The quantitative estimate of drug-likeness (QED) is 0.441. The highest BCUT2D eigenvalue weighted by Crippen LogP contribution is 2.24. The van der Waals surface area contributed by atoms with Crippen molar-refractivity contribution < 1.29 is 32.2 Å². The zero-order valence-corrected chi connectivity index (χ0v) is 17.5. The summed E-state index contributed by atoms with van der Waals surface area (Å²) in [5.74, 6) is -2.90. The van der Waals surface area contributed by atoms with E-state index >= 15 is 0 Å². The molecule has 29 heavy (non-hydrogen) atoms. The molecule has 0 amide bonds. The molecule has 0 aliphatic carbocycles. The molecule has 0 saturated carbocycles. The van der Waals surface area contributed by atoms with E-state index < -0.39 is 27.7 Å². The van der Waals surface area contributed by atoms with Gasteiger partial charge in [0.2, 0.25) is 10.0 Å². The van der Waals surface area contributed by atoms with Crippen molar-refractivity contribution in [2.24, 2.45) is 0 Å². The lowest BCUT2D eigenvalue weighted by Gasteiger charge is -2.34. The number of hydrogen-bond acceptors (Lipinski definition) is 8. The van der Waals surface area contributed by atoms with Crippen LogP contribution in [0.1, 0.15) is 27.7 Å². The molecule has 2 aliphatic heterocycles. The van der Waals surface area contributed by atoms with Crippen LogP contribution >= 0.6 is 0 Å². The molecular formula is C19H24N2O7S. The molecule has 2 heterocycles. The minimum Gasteiger partial charge on any atom is -0.419 e. The second kappa shape index (κ2) is 7.77. The fraction of sp³-hybridized carbons (Fsp3) is 0.474. The van der Waals surface area contributed by atoms with Crippen molar-refractivity contribution in [1.29, 1.82) is 0 Å². The molecule has 2 unspecified atom stereocenters. The van der Waals surface area contributed by atoms with E-state index in [0.29, 0.717) is 18.8 Å². The molecule has 10 heteroatoms. The summed E-state index contributed by atoms with van der Waals surface area (Å²) >= 11 is 0. The van der Waals surface area contributed by atoms with E-state index in [4.69, 9.17) is 14.2 Å². The molecule has 1 aromatic carbocycles. The number of carbonyl (C=O) groups is 2. The summed E-state index contributed by atoms with van der Waals surface area (Å²) < 4.78 is 42.7. The van der Waals surface area contributed by atoms with Gasteiger partial charge in [0.1, 0.15) is 0 Å². The maximum absolute atomic E-state index is 12.9. The zero-order chi connectivity index (χ0) is 21.4. The molecule has 0 spiro atoms. The van der Waals surface area contributed by atoms with Gasteiger partial charge in [-0.2, -0.15) is 4.31 Å². The van der Waals surface area contributed by atoms with Gasteiger partial charge in [-0.3, -0.25) is 0 Å². The number of sulfonamides is 1. The zero-order valence-electron chi connectivity index (χ0n) is 16.7. The first-order chi connectivity index (χ1) is 13.5. The van der Waals surface area contributed by atoms with Crippen molar-refractivity contribution in [3.8, 4) is 0 Å². The number of esters is 2. The standard InChI is InChI=1S/C19H24N2O7S/c1-12-10-21(11-13(2)26-12)29(24,25)15-7-5-14(6-8-15)20-9-16-17(22)27-19(3,4)28-18(16)23/h5-9,12-13,20H,10-11H2,1-4H3. The Hall–Kier alpha value is -2.43. The highest BCUT2D eigenvalue weighted by molar-refractivity contribution is 7.89. The van der Waals surface area contributed by atoms with Gasteiger partial charge in [0.15, 0.2) is 5.57 Å². The van der Waals surface area contributed by atoms with Crippen LogP contribution in [0.15, 0.2) is 40.9 Å². The Labute approximate surface area is 169 Å². The predicted octanol–water partition coefficient (Wildman–Crippen LogP) is 1.62. The van der Waals surface area contributed by atoms with Crippen molar-refractivity contribution in [3.05, 3.63) is 36.0 Å². The molecule has 2 fully saturated rings. The van der Waals surface area contributed by atoms with Gasteiger partial charge in [-0.1, -0.05) is 0 Å². The Morgan fingerprint density at radius 1 is 1.03 bits per heavy atom. The topological polar surface area (TPSA) is 111 Å². The Balaban J connectivity index is 1.72. The SMILES string of the molecule is CC1CN(S(=O)(=O)c2ccc(NC=C3C(=O)OC(C)(C)OC3=O)cc2)CC(C)O1. The van der Waals surface area contributed by atoms with Gasteiger partial charge >= 0.3 is 11.9 Å². The molecule has 2 aliphatic rings. The third-order valence-electron chi connectivity index (χ3n) is 4.38. The normalized spacial score (nSPS) is 25.2. The Bertz CT molecular complexity index is 906. The van der Waals surface area contributed by atoms with Crippen LogP contribution in [0.3, 0.4) is 0 Å². The van der Waals surface area contributed by atoms with Crippen LogP contribution in [0.5, 0.6) is 0 Å². The van der Waals surface area contributed by atoms with Gasteiger partial charge in [-0.25, -0.2) is 18.0 Å². The van der Waals surface area contributed by atoms with Crippen molar-refractivity contribution in [1.82, 2.24) is 4.31 Å². The van der Waals surface area contributed by atoms with Gasteiger partial charge in [0.25, 0.3) is 5.79 Å². The van der Waals surface area contributed by atoms with E-state index in [1.165, 1.54) is 36.5 Å². The largest absolute Gasteiger partial charge is 0.419 e. The lowest BCUT2D eigenvalue weighted by Crippen LogP contribution is -2.48. The third-order valence-corrected chi connectivity index (χ3v) is 6.22. The van der Waals surface area contributed by atoms with Crippen LogP contribution in [0.2, 0.25) is 0 Å². The third kappa shape index (κ3) is 4.77. The number of benzene rings is 1. The fourth-order valence-corrected chi connectivity index (χ4v) is 4.72. The van der Waals surface area contributed by atoms with Crippen molar-refractivity contribution in [2.45, 2.75) is 50.6 Å². The first-order valence-corrected chi connectivity index (χ1v) is 10.6. The molecule has 2 saturated heterocycles. The van der Waals surface area contributed by atoms with E-state index in [1.807, 2.05) is 13.8 Å². The number of ether oxygens (including phenoxy) is 3. The van der Waals surface area contributed by atoms with Crippen LogP contribution in [-0.4, -0.2) is 55.7 Å². The minimum atomic E-state index is -3.65. The van der Waals surface area contributed by atoms with Crippen molar-refractivity contribution in [2.75, 3.05) is 18.4 Å². The van der Waals surface area contributed by atoms with E-state index in [2.05, 4.69) is 5.32 Å². The Kier molecular flexibility index (Phi) is 5.70. The van der Waals surface area contributed by atoms with E-state index in [0.717, 1.165) is 0 Å². The molecule has 9 nitrogen and oxygen atoms in total. The summed E-state index contributed by atoms with van der Waals surface area (Å²) in [6.07, 6.45) is 0.816. The second-order valence-corrected chi connectivity index (χ2v) is 9.42. The summed E-state index contributed by atoms with van der Waals surface area (Å²) in [6.45, 7) is 7.17. The number of rotatable bonds is 4. The van der Waals surface area contributed by atoms with E-state index in [-0.39, 0.29) is 22.7 Å². The van der Waals surface area contributed by atoms with Gasteiger partial charge < -0.3 is 19.5 Å². The summed E-state index contributed by atoms with van der Waals surface area (Å²) in [5, 5.41) is 2.78. The van der Waals surface area contributed by atoms with Crippen LogP contribution in [0.25, 0.3) is 0 Å². The predicted molar refractivity (Wildman–Crippen MR) is 103 cm³/mol. The van der Waals surface area contributed by atoms with Gasteiger partial charge in [0.05, 0.1) is 17.1 Å². The average molecular weight is 424 g/mol. The number of nitrogens with zero attached hydrogens (tertiary/aromatic N) is 1. The number of hydrogen-bond donors (Lipinski definition) is 1. The van der Waals surface area contributed by atoms with Crippen molar-refractivity contribution >= 4 is 27.6 Å². The van der Waals surface area contributed by atoms with E-state index in [1.54, 1.807) is 12.1 Å².